The molecule has 8 nitrogen and oxygen atoms in total. The van der Waals surface area contributed by atoms with E-state index in [2.05, 4.69) is 25.0 Å². The van der Waals surface area contributed by atoms with Gasteiger partial charge in [-0.3, -0.25) is 9.36 Å². The molecule has 1 atom stereocenters. The van der Waals surface area contributed by atoms with Crippen LogP contribution in [-0.2, 0) is 18.0 Å². The van der Waals surface area contributed by atoms with E-state index in [9.17, 15) is 22.8 Å². The summed E-state index contributed by atoms with van der Waals surface area (Å²) in [7, 11) is 2.72. The van der Waals surface area contributed by atoms with Crippen LogP contribution in [0.4, 0.5) is 19.1 Å². The number of aryl methyl sites for hydroxylation is 1. The van der Waals surface area contributed by atoms with Crippen molar-refractivity contribution in [1.82, 2.24) is 19.5 Å². The van der Waals surface area contributed by atoms with Crippen LogP contribution in [0.25, 0.3) is 10.9 Å². The van der Waals surface area contributed by atoms with E-state index in [1.165, 1.54) is 37.2 Å². The van der Waals surface area contributed by atoms with E-state index >= 15 is 0 Å². The van der Waals surface area contributed by atoms with Gasteiger partial charge in [0.25, 0.3) is 5.56 Å². The first-order valence-corrected chi connectivity index (χ1v) is 9.32. The molecule has 0 saturated carbocycles. The standard InChI is InChI=1S/C20H20F3N5O3/c1-5-15(27-19-24-8-11(9-25-19)18(30)31-4)12-6-13-16(7-14(12)20(21,22)23)26-10(2)28(3)17(13)29/h6-9,15H,5H2,1-4H3,(H,24,25,27)/t15-/m0/s1. The Morgan fingerprint density at radius 3 is 2.45 bits per heavy atom. The number of hydrogen-bond acceptors (Lipinski definition) is 7. The average Bonchev–Trinajstić information content (AvgIpc) is 2.74. The lowest BCUT2D eigenvalue weighted by Crippen LogP contribution is -2.23. The van der Waals surface area contributed by atoms with Crippen molar-refractivity contribution in [3.05, 3.63) is 57.4 Å². The van der Waals surface area contributed by atoms with Crippen molar-refractivity contribution >= 4 is 22.8 Å². The Morgan fingerprint density at radius 2 is 1.90 bits per heavy atom. The molecule has 164 valence electrons. The molecule has 0 unspecified atom stereocenters. The lowest BCUT2D eigenvalue weighted by molar-refractivity contribution is -0.138. The summed E-state index contributed by atoms with van der Waals surface area (Å²) in [5.74, 6) is -0.295. The fourth-order valence-electron chi connectivity index (χ4n) is 3.16. The molecule has 0 bridgehead atoms. The first kappa shape index (κ1) is 22.2. The number of carbonyl (C=O) groups is 1. The molecule has 3 rings (SSSR count). The van der Waals surface area contributed by atoms with E-state index in [0.29, 0.717) is 5.82 Å². The van der Waals surface area contributed by atoms with Crippen LogP contribution in [0.5, 0.6) is 0 Å². The summed E-state index contributed by atoms with van der Waals surface area (Å²) >= 11 is 0. The fourth-order valence-corrected chi connectivity index (χ4v) is 3.16. The van der Waals surface area contributed by atoms with Gasteiger partial charge in [0.1, 0.15) is 5.82 Å². The molecule has 2 aromatic heterocycles. The van der Waals surface area contributed by atoms with Crippen LogP contribution < -0.4 is 10.9 Å². The van der Waals surface area contributed by atoms with Crippen LogP contribution in [0.3, 0.4) is 0 Å². The molecule has 0 aliphatic rings. The van der Waals surface area contributed by atoms with Gasteiger partial charge in [-0.15, -0.1) is 0 Å². The molecule has 2 heterocycles. The molecule has 0 amide bonds. The molecule has 3 aromatic rings. The Hall–Kier alpha value is -3.50. The number of hydrogen-bond donors (Lipinski definition) is 1. The van der Waals surface area contributed by atoms with Crippen molar-refractivity contribution in [2.24, 2.45) is 7.05 Å². The largest absolute Gasteiger partial charge is 0.465 e. The molecule has 31 heavy (non-hydrogen) atoms. The lowest BCUT2D eigenvalue weighted by Gasteiger charge is -2.22. The van der Waals surface area contributed by atoms with Crippen molar-refractivity contribution in [3.63, 3.8) is 0 Å². The number of aromatic nitrogens is 4. The molecule has 0 aliphatic heterocycles. The number of carbonyl (C=O) groups excluding carboxylic acids is 1. The average molecular weight is 435 g/mol. The number of halogens is 3. The van der Waals surface area contributed by atoms with Gasteiger partial charge in [0.2, 0.25) is 5.95 Å². The predicted octanol–water partition coefficient (Wildman–Crippen LogP) is 3.40. The number of nitrogens with zero attached hydrogens (tertiary/aromatic N) is 4. The van der Waals surface area contributed by atoms with E-state index in [-0.39, 0.29) is 34.4 Å². The van der Waals surface area contributed by atoms with Crippen molar-refractivity contribution in [2.75, 3.05) is 12.4 Å². The number of fused-ring (bicyclic) bond motifs is 1. The quantitative estimate of drug-likeness (QED) is 0.613. The monoisotopic (exact) mass is 435 g/mol. The first-order chi connectivity index (χ1) is 14.6. The van der Waals surface area contributed by atoms with Gasteiger partial charge in [0.15, 0.2) is 0 Å². The highest BCUT2D eigenvalue weighted by molar-refractivity contribution is 5.88. The van der Waals surface area contributed by atoms with Gasteiger partial charge in [0.05, 0.1) is 35.2 Å². The Morgan fingerprint density at radius 1 is 1.26 bits per heavy atom. The Kier molecular flexibility index (Phi) is 5.96. The Bertz CT molecular complexity index is 1190. The minimum absolute atomic E-state index is 0.0230. The third-order valence-corrected chi connectivity index (χ3v) is 4.94. The Balaban J connectivity index is 2.11. The number of nitrogens with one attached hydrogen (secondary N) is 1. The summed E-state index contributed by atoms with van der Waals surface area (Å²) in [6.45, 7) is 3.24. The smallest absolute Gasteiger partial charge is 0.416 e. The number of ether oxygens (including phenoxy) is 1. The predicted molar refractivity (Wildman–Crippen MR) is 107 cm³/mol. The summed E-state index contributed by atoms with van der Waals surface area (Å²) < 4.78 is 47.4. The fraction of sp³-hybridized carbons (Fsp3) is 0.350. The van der Waals surface area contributed by atoms with E-state index < -0.39 is 29.3 Å². The number of benzene rings is 1. The van der Waals surface area contributed by atoms with Crippen LogP contribution in [0, 0.1) is 6.92 Å². The van der Waals surface area contributed by atoms with E-state index in [4.69, 9.17) is 0 Å². The second-order valence-electron chi connectivity index (χ2n) is 6.87. The highest BCUT2D eigenvalue weighted by Crippen LogP contribution is 2.38. The zero-order valence-electron chi connectivity index (χ0n) is 17.2. The number of alkyl halides is 3. The molecule has 1 N–H and O–H groups in total. The molecule has 0 aliphatic carbocycles. The summed E-state index contributed by atoms with van der Waals surface area (Å²) in [6, 6.07) is 1.26. The van der Waals surface area contributed by atoms with Gasteiger partial charge < -0.3 is 10.1 Å². The van der Waals surface area contributed by atoms with Crippen molar-refractivity contribution in [1.29, 1.82) is 0 Å². The highest BCUT2D eigenvalue weighted by atomic mass is 19.4. The second kappa shape index (κ2) is 8.32. The van der Waals surface area contributed by atoms with Crippen molar-refractivity contribution in [3.8, 4) is 0 Å². The number of anilines is 1. The van der Waals surface area contributed by atoms with Crippen LogP contribution in [0.1, 0.15) is 46.7 Å². The normalized spacial score (nSPS) is 12.6. The highest BCUT2D eigenvalue weighted by Gasteiger charge is 2.36. The lowest BCUT2D eigenvalue weighted by atomic mass is 9.96. The van der Waals surface area contributed by atoms with Crippen LogP contribution in [0.2, 0.25) is 0 Å². The zero-order chi connectivity index (χ0) is 22.9. The molecular formula is C20H20F3N5O3. The van der Waals surface area contributed by atoms with Gasteiger partial charge in [-0.2, -0.15) is 13.2 Å². The minimum atomic E-state index is -4.66. The van der Waals surface area contributed by atoms with Gasteiger partial charge in [-0.25, -0.2) is 19.7 Å². The van der Waals surface area contributed by atoms with Crippen LogP contribution >= 0.6 is 0 Å². The molecule has 0 radical (unpaired) electrons. The van der Waals surface area contributed by atoms with Crippen molar-refractivity contribution in [2.45, 2.75) is 32.5 Å². The summed E-state index contributed by atoms with van der Waals surface area (Å²) in [5.41, 5.74) is -1.37. The molecular weight excluding hydrogens is 415 g/mol. The maximum atomic E-state index is 13.9. The van der Waals surface area contributed by atoms with Gasteiger partial charge in [0, 0.05) is 19.4 Å². The molecule has 0 spiro atoms. The molecule has 0 fully saturated rings. The Labute approximate surface area is 175 Å². The van der Waals surface area contributed by atoms with E-state index in [1.54, 1.807) is 13.8 Å². The van der Waals surface area contributed by atoms with Gasteiger partial charge >= 0.3 is 12.1 Å². The van der Waals surface area contributed by atoms with E-state index in [0.717, 1.165) is 6.07 Å². The summed E-state index contributed by atoms with van der Waals surface area (Å²) in [5, 5.41) is 2.93. The molecule has 0 saturated heterocycles. The summed E-state index contributed by atoms with van der Waals surface area (Å²) in [6.07, 6.45) is -2.00. The number of esters is 1. The third-order valence-electron chi connectivity index (χ3n) is 4.94. The van der Waals surface area contributed by atoms with Crippen LogP contribution in [0.15, 0.2) is 29.3 Å². The first-order valence-electron chi connectivity index (χ1n) is 9.32. The second-order valence-corrected chi connectivity index (χ2v) is 6.87. The SMILES string of the molecule is CC[C@H](Nc1ncc(C(=O)OC)cn1)c1cc2c(=O)n(C)c(C)nc2cc1C(F)(F)F. The van der Waals surface area contributed by atoms with Crippen molar-refractivity contribution < 1.29 is 22.7 Å². The number of methoxy groups -OCH3 is 1. The maximum Gasteiger partial charge on any atom is 0.416 e. The van der Waals surface area contributed by atoms with Crippen LogP contribution in [-0.4, -0.2) is 32.6 Å². The molecule has 1 aromatic carbocycles. The van der Waals surface area contributed by atoms with Gasteiger partial charge in [-0.1, -0.05) is 6.92 Å². The third kappa shape index (κ3) is 4.35. The number of rotatable bonds is 5. The maximum absolute atomic E-state index is 13.9. The minimum Gasteiger partial charge on any atom is -0.465 e. The molecule has 11 heteroatoms. The van der Waals surface area contributed by atoms with E-state index in [1.807, 2.05) is 0 Å². The van der Waals surface area contributed by atoms with Gasteiger partial charge in [-0.05, 0) is 31.0 Å². The topological polar surface area (TPSA) is 99.0 Å². The summed E-state index contributed by atoms with van der Waals surface area (Å²) in [4.78, 5) is 36.2. The zero-order valence-corrected chi connectivity index (χ0v) is 17.2.